The van der Waals surface area contributed by atoms with Crippen molar-refractivity contribution in [3.05, 3.63) is 34.9 Å². The van der Waals surface area contributed by atoms with Gasteiger partial charge in [0.1, 0.15) is 12.1 Å². The summed E-state index contributed by atoms with van der Waals surface area (Å²) in [5.74, 6) is 2.25. The van der Waals surface area contributed by atoms with Crippen molar-refractivity contribution >= 4 is 12.1 Å². The van der Waals surface area contributed by atoms with Gasteiger partial charge >= 0.3 is 0 Å². The molecule has 0 aromatic rings. The van der Waals surface area contributed by atoms with Crippen molar-refractivity contribution < 1.29 is 9.59 Å². The molecule has 32 heavy (non-hydrogen) atoms. The second-order valence-corrected chi connectivity index (χ2v) is 12.8. The highest BCUT2D eigenvalue weighted by molar-refractivity contribution is 5.86. The monoisotopic (exact) mass is 436 g/mol. The first kappa shape index (κ1) is 23.7. The van der Waals surface area contributed by atoms with E-state index in [4.69, 9.17) is 0 Å². The van der Waals surface area contributed by atoms with E-state index in [9.17, 15) is 9.59 Å². The Morgan fingerprint density at radius 2 is 1.84 bits per heavy atom. The summed E-state index contributed by atoms with van der Waals surface area (Å²) < 4.78 is 0. The van der Waals surface area contributed by atoms with E-state index in [0.29, 0.717) is 23.5 Å². The second kappa shape index (κ2) is 7.81. The lowest BCUT2D eigenvalue weighted by molar-refractivity contribution is -0.138. The molecule has 0 spiro atoms. The first-order chi connectivity index (χ1) is 14.9. The van der Waals surface area contributed by atoms with Gasteiger partial charge in [-0.1, -0.05) is 59.8 Å². The highest BCUT2D eigenvalue weighted by Crippen LogP contribution is 2.71. The Morgan fingerprint density at radius 1 is 1.12 bits per heavy atom. The second-order valence-electron chi connectivity index (χ2n) is 12.8. The van der Waals surface area contributed by atoms with Crippen molar-refractivity contribution in [2.75, 3.05) is 0 Å². The summed E-state index contributed by atoms with van der Waals surface area (Å²) in [5, 5.41) is 0. The summed E-state index contributed by atoms with van der Waals surface area (Å²) in [4.78, 5) is 23.7. The highest BCUT2D eigenvalue weighted by Gasteiger charge is 2.63. The van der Waals surface area contributed by atoms with E-state index in [0.717, 1.165) is 50.4 Å². The molecule has 2 saturated carbocycles. The van der Waals surface area contributed by atoms with Crippen LogP contribution in [0, 0.1) is 39.4 Å². The Hall–Kier alpha value is -1.44. The van der Waals surface area contributed by atoms with Gasteiger partial charge in [-0.2, -0.15) is 0 Å². The quantitative estimate of drug-likeness (QED) is 0.328. The van der Waals surface area contributed by atoms with Gasteiger partial charge in [0.25, 0.3) is 0 Å². The lowest BCUT2D eigenvalue weighted by Gasteiger charge is -2.59. The lowest BCUT2D eigenvalue weighted by Crippen LogP contribution is -2.53. The minimum Gasteiger partial charge on any atom is -0.299 e. The molecule has 0 saturated heterocycles. The van der Waals surface area contributed by atoms with Crippen LogP contribution >= 0.6 is 0 Å². The number of ketones is 1. The van der Waals surface area contributed by atoms with Crippen LogP contribution in [0.25, 0.3) is 0 Å². The van der Waals surface area contributed by atoms with Crippen molar-refractivity contribution in [2.45, 2.75) is 99.8 Å². The summed E-state index contributed by atoms with van der Waals surface area (Å²) in [6.07, 6.45) is 16.9. The zero-order valence-corrected chi connectivity index (χ0v) is 21.5. The molecule has 2 nitrogen and oxygen atoms in total. The van der Waals surface area contributed by atoms with Gasteiger partial charge in [-0.25, -0.2) is 0 Å². The largest absolute Gasteiger partial charge is 0.299 e. The van der Waals surface area contributed by atoms with E-state index in [1.165, 1.54) is 12.8 Å². The smallest absolute Gasteiger partial charge is 0.145 e. The van der Waals surface area contributed by atoms with Gasteiger partial charge in [-0.15, -0.1) is 0 Å². The van der Waals surface area contributed by atoms with Crippen LogP contribution in [-0.4, -0.2) is 12.1 Å². The van der Waals surface area contributed by atoms with Gasteiger partial charge in [-0.3, -0.25) is 9.59 Å². The molecular formula is C30H44O2. The van der Waals surface area contributed by atoms with Crippen LogP contribution in [0.3, 0.4) is 0 Å². The van der Waals surface area contributed by atoms with Gasteiger partial charge in [0.15, 0.2) is 0 Å². The van der Waals surface area contributed by atoms with Crippen LogP contribution in [0.5, 0.6) is 0 Å². The average molecular weight is 437 g/mol. The summed E-state index contributed by atoms with van der Waals surface area (Å²) in [7, 11) is 0. The summed E-state index contributed by atoms with van der Waals surface area (Å²) in [6.45, 7) is 16.3. The maximum Gasteiger partial charge on any atom is 0.145 e. The van der Waals surface area contributed by atoms with E-state index in [1.54, 1.807) is 11.1 Å². The fourth-order valence-corrected chi connectivity index (χ4v) is 8.58. The molecule has 0 aliphatic heterocycles. The molecule has 4 rings (SSSR count). The third-order valence-electron chi connectivity index (χ3n) is 11.0. The number of hydrogen-bond acceptors (Lipinski definition) is 2. The van der Waals surface area contributed by atoms with Crippen molar-refractivity contribution in [3.8, 4) is 0 Å². The molecule has 2 fully saturated rings. The minimum absolute atomic E-state index is 0.132. The summed E-state index contributed by atoms with van der Waals surface area (Å²) in [6, 6.07) is 0. The van der Waals surface area contributed by atoms with Crippen molar-refractivity contribution in [2.24, 2.45) is 39.4 Å². The molecule has 4 aliphatic rings. The highest BCUT2D eigenvalue weighted by atomic mass is 16.1. The number of fused-ring (bicyclic) bond motifs is 5. The first-order valence-corrected chi connectivity index (χ1v) is 13.0. The number of carbonyl (C=O) groups is 2. The molecule has 1 unspecified atom stereocenters. The lowest BCUT2D eigenvalue weighted by atomic mass is 9.44. The SMILES string of the molecule is C/C(C=O)=C\CC[C@H](C)[C@@H]1CC[C@]2(C)C3=CCC4C(C)(C)C(=O)CC[C@@]4(C)C3=CC[C@@]12C. The Morgan fingerprint density at radius 3 is 2.53 bits per heavy atom. The molecule has 6 atom stereocenters. The number of rotatable bonds is 5. The minimum atomic E-state index is -0.225. The third kappa shape index (κ3) is 3.18. The maximum atomic E-state index is 12.8. The Labute approximate surface area is 196 Å². The molecule has 0 aromatic carbocycles. The Kier molecular flexibility index (Phi) is 5.79. The van der Waals surface area contributed by atoms with E-state index < -0.39 is 0 Å². The van der Waals surface area contributed by atoms with E-state index in [-0.39, 0.29) is 21.7 Å². The Bertz CT molecular complexity index is 902. The number of hydrogen-bond donors (Lipinski definition) is 0. The standard InChI is InChI=1S/C30H44O2/c1-20(19-31)9-8-10-21(2)22-13-17-30(7)24-11-12-25-27(3,4)26(32)15-16-28(25,5)23(24)14-18-29(22,30)6/h9,11,14,19,21-22,25H,8,10,12-13,15-18H2,1-7H3/b20-9+/t21-,22-,25?,28-,29-,30+/m0/s1. The van der Waals surface area contributed by atoms with E-state index in [1.807, 2.05) is 6.92 Å². The molecule has 0 aromatic heterocycles. The number of allylic oxidation sites excluding steroid dienone is 6. The normalized spacial score (nSPS) is 41.7. The van der Waals surface area contributed by atoms with Crippen LogP contribution in [0.2, 0.25) is 0 Å². The third-order valence-corrected chi connectivity index (χ3v) is 11.0. The molecule has 176 valence electrons. The molecular weight excluding hydrogens is 392 g/mol. The molecule has 0 N–H and O–H groups in total. The van der Waals surface area contributed by atoms with Gasteiger partial charge in [0, 0.05) is 11.8 Å². The zero-order valence-electron chi connectivity index (χ0n) is 21.5. The fraction of sp³-hybridized carbons (Fsp3) is 0.733. The van der Waals surface area contributed by atoms with E-state index >= 15 is 0 Å². The van der Waals surface area contributed by atoms with Gasteiger partial charge < -0.3 is 0 Å². The van der Waals surface area contributed by atoms with Crippen LogP contribution in [-0.2, 0) is 9.59 Å². The number of aldehydes is 1. The van der Waals surface area contributed by atoms with E-state index in [2.05, 4.69) is 59.8 Å². The molecule has 0 bridgehead atoms. The van der Waals surface area contributed by atoms with Crippen LogP contribution in [0.15, 0.2) is 34.9 Å². The molecule has 0 heterocycles. The predicted molar refractivity (Wildman–Crippen MR) is 132 cm³/mol. The van der Waals surface area contributed by atoms with Crippen molar-refractivity contribution in [1.82, 2.24) is 0 Å². The van der Waals surface area contributed by atoms with Crippen molar-refractivity contribution in [1.29, 1.82) is 0 Å². The fourth-order valence-electron chi connectivity index (χ4n) is 8.58. The first-order valence-electron chi connectivity index (χ1n) is 13.0. The summed E-state index contributed by atoms with van der Waals surface area (Å²) in [5.41, 5.74) is 4.49. The van der Waals surface area contributed by atoms with Crippen LogP contribution in [0.1, 0.15) is 99.8 Å². The van der Waals surface area contributed by atoms with Crippen molar-refractivity contribution in [3.63, 3.8) is 0 Å². The molecule has 2 heteroatoms. The molecule has 4 aliphatic carbocycles. The van der Waals surface area contributed by atoms with Gasteiger partial charge in [0.2, 0.25) is 0 Å². The number of carbonyl (C=O) groups excluding carboxylic acids is 2. The summed E-state index contributed by atoms with van der Waals surface area (Å²) >= 11 is 0. The topological polar surface area (TPSA) is 34.1 Å². The van der Waals surface area contributed by atoms with Gasteiger partial charge in [0.05, 0.1) is 0 Å². The Balaban J connectivity index is 1.64. The number of Topliss-reactive ketones (excluding diaryl/α,β-unsaturated/α-hetero) is 1. The average Bonchev–Trinajstić information content (AvgIpc) is 3.02. The predicted octanol–water partition coefficient (Wildman–Crippen LogP) is 7.64. The zero-order chi connectivity index (χ0) is 23.5. The maximum absolute atomic E-state index is 12.8. The van der Waals surface area contributed by atoms with Crippen LogP contribution < -0.4 is 0 Å². The molecule has 0 radical (unpaired) electrons. The molecule has 0 amide bonds. The van der Waals surface area contributed by atoms with Crippen LogP contribution in [0.4, 0.5) is 0 Å². The van der Waals surface area contributed by atoms with Gasteiger partial charge in [-0.05, 0) is 103 Å².